The van der Waals surface area contributed by atoms with Gasteiger partial charge in [0.05, 0.1) is 11.9 Å². The van der Waals surface area contributed by atoms with Crippen LogP contribution in [0.1, 0.15) is 55.4 Å². The first-order valence-electron chi connectivity index (χ1n) is 10.5. The molecule has 164 valence electrons. The standard InChI is InChI=1S/C24H22N4O2.C2H6/c1-2-19(17-6-4-3-5-7-17)23(24-27-15-20(26)21(14-25)28-24)18-11-8-16(9-12-18)10-13-22(29)30;1-2/h3-15,25H,2,26H2,1H3,(H,29,30);1-2H3/b13-10+,23-19+,25-14?;. The average molecular weight is 429 g/mol. The zero-order valence-electron chi connectivity index (χ0n) is 18.5. The molecule has 0 fully saturated rings. The minimum atomic E-state index is -0.994. The molecule has 3 aromatic rings. The molecule has 0 amide bonds. The highest BCUT2D eigenvalue weighted by molar-refractivity contribution is 5.97. The fourth-order valence-corrected chi connectivity index (χ4v) is 3.17. The van der Waals surface area contributed by atoms with Crippen molar-refractivity contribution in [2.45, 2.75) is 27.2 Å². The van der Waals surface area contributed by atoms with E-state index in [1.807, 2.05) is 68.4 Å². The lowest BCUT2D eigenvalue weighted by atomic mass is 9.91. The van der Waals surface area contributed by atoms with E-state index in [0.717, 1.165) is 46.5 Å². The van der Waals surface area contributed by atoms with Crippen LogP contribution in [0.5, 0.6) is 0 Å². The van der Waals surface area contributed by atoms with Gasteiger partial charge >= 0.3 is 5.97 Å². The molecule has 6 nitrogen and oxygen atoms in total. The lowest BCUT2D eigenvalue weighted by molar-refractivity contribution is -0.131. The highest BCUT2D eigenvalue weighted by Crippen LogP contribution is 2.33. The normalized spacial score (nSPS) is 11.3. The number of carbonyl (C=O) groups is 1. The van der Waals surface area contributed by atoms with E-state index in [1.165, 1.54) is 6.20 Å². The number of nitrogens with two attached hydrogens (primary N) is 1. The topological polar surface area (TPSA) is 113 Å². The van der Waals surface area contributed by atoms with Crippen LogP contribution in [0.3, 0.4) is 0 Å². The third-order valence-electron chi connectivity index (χ3n) is 4.60. The van der Waals surface area contributed by atoms with E-state index in [1.54, 1.807) is 6.08 Å². The second kappa shape index (κ2) is 12.0. The van der Waals surface area contributed by atoms with Crippen LogP contribution < -0.4 is 5.73 Å². The molecule has 1 aromatic heterocycles. The Balaban J connectivity index is 0.00000176. The second-order valence-electron chi connectivity index (χ2n) is 6.55. The maximum absolute atomic E-state index is 10.8. The van der Waals surface area contributed by atoms with E-state index in [0.29, 0.717) is 17.2 Å². The number of aliphatic carboxylic acids is 1. The van der Waals surface area contributed by atoms with Gasteiger partial charge < -0.3 is 16.2 Å². The summed E-state index contributed by atoms with van der Waals surface area (Å²) in [6.07, 6.45) is 6.03. The molecule has 0 saturated heterocycles. The monoisotopic (exact) mass is 428 g/mol. The summed E-state index contributed by atoms with van der Waals surface area (Å²) in [5.74, 6) is -0.510. The van der Waals surface area contributed by atoms with Crippen LogP contribution in [0, 0.1) is 5.41 Å². The number of rotatable bonds is 7. The van der Waals surface area contributed by atoms with Gasteiger partial charge in [0.2, 0.25) is 0 Å². The van der Waals surface area contributed by atoms with Crippen LogP contribution in [-0.4, -0.2) is 27.3 Å². The number of nitrogen functional groups attached to an aromatic ring is 1. The van der Waals surface area contributed by atoms with Crippen molar-refractivity contribution in [3.63, 3.8) is 0 Å². The molecule has 0 aliphatic rings. The lowest BCUT2D eigenvalue weighted by Crippen LogP contribution is -2.05. The van der Waals surface area contributed by atoms with Gasteiger partial charge in [-0.2, -0.15) is 0 Å². The van der Waals surface area contributed by atoms with Gasteiger partial charge in [-0.3, -0.25) is 0 Å². The molecule has 32 heavy (non-hydrogen) atoms. The first kappa shape index (κ1) is 24.2. The van der Waals surface area contributed by atoms with Crippen molar-refractivity contribution < 1.29 is 9.90 Å². The molecule has 2 aromatic carbocycles. The lowest BCUT2D eigenvalue weighted by Gasteiger charge is -2.15. The number of nitrogens with zero attached hydrogens (tertiary/aromatic N) is 2. The minimum absolute atomic E-state index is 0.347. The van der Waals surface area contributed by atoms with Crippen molar-refractivity contribution >= 4 is 35.1 Å². The van der Waals surface area contributed by atoms with Crippen LogP contribution in [0.2, 0.25) is 0 Å². The summed E-state index contributed by atoms with van der Waals surface area (Å²) < 4.78 is 0. The summed E-state index contributed by atoms with van der Waals surface area (Å²) in [4.78, 5) is 19.7. The SMILES string of the molecule is CC.CC/C(=C(/c1ccc(/C=C/C(=O)O)cc1)c1ncc(N)c(C=N)n1)c1ccccc1. The van der Waals surface area contributed by atoms with E-state index in [9.17, 15) is 4.79 Å². The Morgan fingerprint density at radius 3 is 2.28 bits per heavy atom. The number of hydrogen-bond donors (Lipinski definition) is 3. The molecular formula is C26H28N4O2. The van der Waals surface area contributed by atoms with Gasteiger partial charge in [-0.15, -0.1) is 0 Å². The third-order valence-corrected chi connectivity index (χ3v) is 4.60. The number of benzene rings is 2. The van der Waals surface area contributed by atoms with Gasteiger partial charge in [-0.25, -0.2) is 14.8 Å². The minimum Gasteiger partial charge on any atom is -0.478 e. The number of hydrogen-bond acceptors (Lipinski definition) is 5. The van der Waals surface area contributed by atoms with Gasteiger partial charge in [-0.05, 0) is 34.8 Å². The van der Waals surface area contributed by atoms with Crippen LogP contribution in [0.15, 0.2) is 66.9 Å². The van der Waals surface area contributed by atoms with Crippen molar-refractivity contribution in [1.29, 1.82) is 5.41 Å². The Bertz CT molecular complexity index is 1120. The molecular weight excluding hydrogens is 400 g/mol. The van der Waals surface area contributed by atoms with Crippen molar-refractivity contribution in [2.24, 2.45) is 0 Å². The van der Waals surface area contributed by atoms with Crippen LogP contribution in [-0.2, 0) is 4.79 Å². The molecule has 6 heteroatoms. The van der Waals surface area contributed by atoms with Crippen molar-refractivity contribution in [3.8, 4) is 0 Å². The molecule has 0 radical (unpaired) electrons. The molecule has 0 spiro atoms. The molecule has 4 N–H and O–H groups in total. The number of aromatic nitrogens is 2. The van der Waals surface area contributed by atoms with Gasteiger partial charge in [-0.1, -0.05) is 75.4 Å². The van der Waals surface area contributed by atoms with Crippen LogP contribution >= 0.6 is 0 Å². The highest BCUT2D eigenvalue weighted by atomic mass is 16.4. The van der Waals surface area contributed by atoms with Crippen LogP contribution in [0.4, 0.5) is 5.69 Å². The van der Waals surface area contributed by atoms with Gasteiger partial charge in [0.15, 0.2) is 5.82 Å². The van der Waals surface area contributed by atoms with Crippen molar-refractivity contribution in [3.05, 3.63) is 95.1 Å². The largest absolute Gasteiger partial charge is 0.478 e. The molecule has 0 aliphatic carbocycles. The average Bonchev–Trinajstić information content (AvgIpc) is 2.84. The first-order valence-corrected chi connectivity index (χ1v) is 10.5. The van der Waals surface area contributed by atoms with E-state index in [-0.39, 0.29) is 0 Å². The molecule has 0 atom stereocenters. The molecule has 3 rings (SSSR count). The Kier molecular flexibility index (Phi) is 9.05. The highest BCUT2D eigenvalue weighted by Gasteiger charge is 2.16. The number of carboxylic acid groups (broad SMARTS) is 1. The molecule has 0 saturated carbocycles. The number of anilines is 1. The maximum Gasteiger partial charge on any atom is 0.328 e. The van der Waals surface area contributed by atoms with Gasteiger partial charge in [0.25, 0.3) is 0 Å². The summed E-state index contributed by atoms with van der Waals surface area (Å²) in [5.41, 5.74) is 11.2. The van der Waals surface area contributed by atoms with E-state index < -0.39 is 5.97 Å². The quantitative estimate of drug-likeness (QED) is 0.259. The predicted molar refractivity (Wildman–Crippen MR) is 131 cm³/mol. The Morgan fingerprint density at radius 2 is 1.72 bits per heavy atom. The zero-order chi connectivity index (χ0) is 23.5. The fourth-order valence-electron chi connectivity index (χ4n) is 3.17. The summed E-state index contributed by atoms with van der Waals surface area (Å²) in [6.45, 7) is 6.07. The second-order valence-corrected chi connectivity index (χ2v) is 6.55. The fraction of sp³-hybridized carbons (Fsp3) is 0.154. The summed E-state index contributed by atoms with van der Waals surface area (Å²) in [5, 5.41) is 16.4. The maximum atomic E-state index is 10.8. The molecule has 0 unspecified atom stereocenters. The van der Waals surface area contributed by atoms with Gasteiger partial charge in [0.1, 0.15) is 5.69 Å². The summed E-state index contributed by atoms with van der Waals surface area (Å²) in [6, 6.07) is 17.5. The van der Waals surface area contributed by atoms with Gasteiger partial charge in [0, 0.05) is 17.9 Å². The molecule has 1 heterocycles. The van der Waals surface area contributed by atoms with Crippen LogP contribution in [0.25, 0.3) is 17.2 Å². The Morgan fingerprint density at radius 1 is 1.06 bits per heavy atom. The van der Waals surface area contributed by atoms with Crippen molar-refractivity contribution in [2.75, 3.05) is 5.73 Å². The zero-order valence-corrected chi connectivity index (χ0v) is 18.5. The summed E-state index contributed by atoms with van der Waals surface area (Å²) >= 11 is 0. The van der Waals surface area contributed by atoms with Crippen molar-refractivity contribution in [1.82, 2.24) is 9.97 Å². The smallest absolute Gasteiger partial charge is 0.328 e. The number of nitrogens with one attached hydrogen (secondary N) is 1. The van der Waals surface area contributed by atoms with E-state index >= 15 is 0 Å². The third kappa shape index (κ3) is 5.98. The van der Waals surface area contributed by atoms with E-state index in [2.05, 4.69) is 16.9 Å². The molecule has 0 bridgehead atoms. The van der Waals surface area contributed by atoms with E-state index in [4.69, 9.17) is 16.2 Å². The predicted octanol–water partition coefficient (Wildman–Crippen LogP) is 5.55. The Hall–Kier alpha value is -4.06. The first-order chi connectivity index (χ1) is 15.5. The number of carboxylic acids is 1. The Labute approximate surface area is 188 Å². The number of allylic oxidation sites excluding steroid dienone is 1. The summed E-state index contributed by atoms with van der Waals surface area (Å²) in [7, 11) is 0. The molecule has 0 aliphatic heterocycles.